The first-order valence-electron chi connectivity index (χ1n) is 9.00. The van der Waals surface area contributed by atoms with Gasteiger partial charge in [-0.15, -0.1) is 0 Å². The molecule has 6 heteroatoms. The van der Waals surface area contributed by atoms with Gasteiger partial charge in [0.15, 0.2) is 5.78 Å². The number of rotatable bonds is 4. The van der Waals surface area contributed by atoms with Crippen LogP contribution in [0.3, 0.4) is 0 Å². The second kappa shape index (κ2) is 6.44. The van der Waals surface area contributed by atoms with Crippen LogP contribution in [0, 0.1) is 6.92 Å². The molecule has 0 aliphatic heterocycles. The van der Waals surface area contributed by atoms with Crippen LogP contribution in [0.1, 0.15) is 68.1 Å². The zero-order valence-corrected chi connectivity index (χ0v) is 14.6. The van der Waals surface area contributed by atoms with Crippen molar-refractivity contribution in [3.05, 3.63) is 52.3 Å². The van der Waals surface area contributed by atoms with E-state index in [0.29, 0.717) is 34.5 Å². The van der Waals surface area contributed by atoms with Crippen molar-refractivity contribution in [2.45, 2.75) is 45.1 Å². The van der Waals surface area contributed by atoms with Crippen LogP contribution in [0.15, 0.2) is 24.3 Å². The molecule has 0 bridgehead atoms. The van der Waals surface area contributed by atoms with Gasteiger partial charge in [-0.25, -0.2) is 0 Å². The van der Waals surface area contributed by atoms with E-state index in [4.69, 9.17) is 0 Å². The number of nitrogens with one attached hydrogen (secondary N) is 3. The van der Waals surface area contributed by atoms with Gasteiger partial charge in [-0.3, -0.25) is 14.4 Å². The standard InChI is InChI=1S/C20H21N3O3/c1-11-17-15(6-3-7-16(17)24)23-18(11)20(26)22-14-5-2-4-12(10-14)19(25)21-13-8-9-13/h2,4-5,10,13,23H,3,6-9H2,1H3,(H,21,25)(H,22,26). The molecule has 1 saturated carbocycles. The number of aromatic amines is 1. The highest BCUT2D eigenvalue weighted by molar-refractivity contribution is 6.08. The van der Waals surface area contributed by atoms with Gasteiger partial charge in [-0.1, -0.05) is 6.07 Å². The van der Waals surface area contributed by atoms with E-state index in [2.05, 4.69) is 15.6 Å². The lowest BCUT2D eigenvalue weighted by molar-refractivity contribution is 0.0947. The maximum Gasteiger partial charge on any atom is 0.272 e. The lowest BCUT2D eigenvalue weighted by Gasteiger charge is -2.09. The third kappa shape index (κ3) is 3.14. The fourth-order valence-corrected chi connectivity index (χ4v) is 3.43. The van der Waals surface area contributed by atoms with Crippen molar-refractivity contribution in [3.63, 3.8) is 0 Å². The molecule has 1 aromatic carbocycles. The summed E-state index contributed by atoms with van der Waals surface area (Å²) >= 11 is 0. The fourth-order valence-electron chi connectivity index (χ4n) is 3.43. The van der Waals surface area contributed by atoms with Crippen molar-refractivity contribution in [1.82, 2.24) is 10.3 Å². The Balaban J connectivity index is 1.53. The van der Waals surface area contributed by atoms with Crippen LogP contribution in [-0.4, -0.2) is 28.6 Å². The first-order chi connectivity index (χ1) is 12.5. The molecular weight excluding hydrogens is 330 g/mol. The number of aryl methyl sites for hydroxylation is 1. The Morgan fingerprint density at radius 3 is 2.69 bits per heavy atom. The largest absolute Gasteiger partial charge is 0.354 e. The molecule has 2 aromatic rings. The molecule has 0 saturated heterocycles. The highest BCUT2D eigenvalue weighted by atomic mass is 16.2. The zero-order chi connectivity index (χ0) is 18.3. The quantitative estimate of drug-likeness (QED) is 0.791. The topological polar surface area (TPSA) is 91.1 Å². The first kappa shape index (κ1) is 16.6. The molecule has 0 radical (unpaired) electrons. The van der Waals surface area contributed by atoms with E-state index in [9.17, 15) is 14.4 Å². The molecule has 2 aliphatic carbocycles. The van der Waals surface area contributed by atoms with Gasteiger partial charge >= 0.3 is 0 Å². The molecule has 3 N–H and O–H groups in total. The molecule has 0 atom stereocenters. The van der Waals surface area contributed by atoms with Crippen LogP contribution in [0.4, 0.5) is 5.69 Å². The Morgan fingerprint density at radius 1 is 1.15 bits per heavy atom. The normalized spacial score (nSPS) is 16.1. The van der Waals surface area contributed by atoms with E-state index in [1.54, 1.807) is 31.2 Å². The number of H-pyrrole nitrogens is 1. The van der Waals surface area contributed by atoms with Crippen molar-refractivity contribution in [1.29, 1.82) is 0 Å². The van der Waals surface area contributed by atoms with Crippen LogP contribution in [-0.2, 0) is 6.42 Å². The number of Topliss-reactive ketones (excluding diaryl/α,β-unsaturated/α-hetero) is 1. The summed E-state index contributed by atoms with van der Waals surface area (Å²) in [5.41, 5.74) is 3.70. The highest BCUT2D eigenvalue weighted by Crippen LogP contribution is 2.27. The molecule has 2 aliphatic rings. The molecule has 1 heterocycles. The Hall–Kier alpha value is -2.89. The maximum absolute atomic E-state index is 12.7. The van der Waals surface area contributed by atoms with Gasteiger partial charge < -0.3 is 15.6 Å². The Kier molecular flexibility index (Phi) is 4.11. The number of anilines is 1. The van der Waals surface area contributed by atoms with Crippen molar-refractivity contribution < 1.29 is 14.4 Å². The lowest BCUT2D eigenvalue weighted by atomic mass is 9.94. The number of ketones is 1. The van der Waals surface area contributed by atoms with Gasteiger partial charge in [0.25, 0.3) is 11.8 Å². The van der Waals surface area contributed by atoms with Gasteiger partial charge in [-0.05, 0) is 56.4 Å². The molecule has 0 spiro atoms. The van der Waals surface area contributed by atoms with Gasteiger partial charge in [0.1, 0.15) is 5.69 Å². The summed E-state index contributed by atoms with van der Waals surface area (Å²) in [5.74, 6) is -0.331. The number of hydrogen-bond acceptors (Lipinski definition) is 3. The van der Waals surface area contributed by atoms with E-state index in [1.807, 2.05) is 0 Å². The molecular formula is C20H21N3O3. The predicted octanol–water partition coefficient (Wildman–Crippen LogP) is 2.99. The summed E-state index contributed by atoms with van der Waals surface area (Å²) < 4.78 is 0. The molecule has 1 aromatic heterocycles. The van der Waals surface area contributed by atoms with Crippen LogP contribution in [0.25, 0.3) is 0 Å². The second-order valence-corrected chi connectivity index (χ2v) is 7.04. The molecule has 26 heavy (non-hydrogen) atoms. The third-order valence-corrected chi connectivity index (χ3v) is 4.96. The van der Waals surface area contributed by atoms with Crippen molar-refractivity contribution >= 4 is 23.3 Å². The second-order valence-electron chi connectivity index (χ2n) is 7.04. The van der Waals surface area contributed by atoms with Crippen molar-refractivity contribution in [2.75, 3.05) is 5.32 Å². The third-order valence-electron chi connectivity index (χ3n) is 4.96. The fraction of sp³-hybridized carbons (Fsp3) is 0.350. The van der Waals surface area contributed by atoms with Gasteiger partial charge in [0.2, 0.25) is 0 Å². The molecule has 6 nitrogen and oxygen atoms in total. The smallest absolute Gasteiger partial charge is 0.272 e. The predicted molar refractivity (Wildman–Crippen MR) is 97.7 cm³/mol. The van der Waals surface area contributed by atoms with Crippen molar-refractivity contribution in [2.24, 2.45) is 0 Å². The number of aromatic nitrogens is 1. The van der Waals surface area contributed by atoms with E-state index < -0.39 is 0 Å². The Labute approximate surface area is 151 Å². The summed E-state index contributed by atoms with van der Waals surface area (Å²) in [6.07, 6.45) is 4.18. The Morgan fingerprint density at radius 2 is 1.96 bits per heavy atom. The SMILES string of the molecule is Cc1c(C(=O)Nc2cccc(C(=O)NC3CC3)c2)[nH]c2c1C(=O)CCC2. The number of hydrogen-bond donors (Lipinski definition) is 3. The number of fused-ring (bicyclic) bond motifs is 1. The monoisotopic (exact) mass is 351 g/mol. The van der Waals surface area contributed by atoms with E-state index in [-0.39, 0.29) is 23.6 Å². The minimum Gasteiger partial charge on any atom is -0.354 e. The van der Waals surface area contributed by atoms with Crippen molar-refractivity contribution in [3.8, 4) is 0 Å². The van der Waals surface area contributed by atoms with Crippen LogP contribution >= 0.6 is 0 Å². The first-order valence-corrected chi connectivity index (χ1v) is 9.00. The summed E-state index contributed by atoms with van der Waals surface area (Å²) in [7, 11) is 0. The van der Waals surface area contributed by atoms with Gasteiger partial charge in [-0.2, -0.15) is 0 Å². The summed E-state index contributed by atoms with van der Waals surface area (Å²) in [6.45, 7) is 1.80. The minimum absolute atomic E-state index is 0.0952. The van der Waals surface area contributed by atoms with Crippen LogP contribution in [0.5, 0.6) is 0 Å². The maximum atomic E-state index is 12.7. The molecule has 1 fully saturated rings. The summed E-state index contributed by atoms with van der Waals surface area (Å²) in [6, 6.07) is 7.16. The lowest BCUT2D eigenvalue weighted by Crippen LogP contribution is -2.25. The Bertz CT molecular complexity index is 909. The van der Waals surface area contributed by atoms with Crippen LogP contribution < -0.4 is 10.6 Å². The van der Waals surface area contributed by atoms with Crippen LogP contribution in [0.2, 0.25) is 0 Å². The molecule has 134 valence electrons. The number of carbonyl (C=O) groups excluding carboxylic acids is 3. The average molecular weight is 351 g/mol. The molecule has 4 rings (SSSR count). The van der Waals surface area contributed by atoms with Gasteiger partial charge in [0, 0.05) is 35.0 Å². The molecule has 2 amide bonds. The van der Waals surface area contributed by atoms with E-state index in [1.165, 1.54) is 0 Å². The number of amides is 2. The number of benzene rings is 1. The average Bonchev–Trinajstić information content (AvgIpc) is 3.36. The van der Waals surface area contributed by atoms with E-state index in [0.717, 1.165) is 31.4 Å². The minimum atomic E-state index is -0.301. The van der Waals surface area contributed by atoms with Gasteiger partial charge in [0.05, 0.1) is 0 Å². The molecule has 0 unspecified atom stereocenters. The number of carbonyl (C=O) groups is 3. The van der Waals surface area contributed by atoms with E-state index >= 15 is 0 Å². The summed E-state index contributed by atoms with van der Waals surface area (Å²) in [5, 5.41) is 5.76. The zero-order valence-electron chi connectivity index (χ0n) is 14.6. The summed E-state index contributed by atoms with van der Waals surface area (Å²) in [4.78, 5) is 40.1. The highest BCUT2D eigenvalue weighted by Gasteiger charge is 2.27.